The number of thioether (sulfide) groups is 1. The van der Waals surface area contributed by atoms with Gasteiger partial charge < -0.3 is 10.1 Å². The van der Waals surface area contributed by atoms with Crippen LogP contribution in [0.15, 0.2) is 161 Å². The minimum atomic E-state index is -0.707. The number of nitrogens with one attached hydrogen (secondary N) is 1. The van der Waals surface area contributed by atoms with E-state index in [4.69, 9.17) is 4.74 Å². The standard InChI is InChI=1S/C40H34BrN3O4S/c1-3-5-19-33(4-2)44-39(47)34(25-31-18-12-13-20-35(31)48-26-28-21-23-32(41)24-22-28)38(46)43-40(44)49-27-36(45)42-37(29-14-8-6-9-15-29)30-16-10-7-11-17-30/h3-25,37H,1,26-27H2,2H3,(H,42,45)/b19-5-,33-4+,34-25+. The van der Waals surface area contributed by atoms with Gasteiger partial charge in [0.2, 0.25) is 5.91 Å². The highest BCUT2D eigenvalue weighted by atomic mass is 79.9. The molecule has 7 nitrogen and oxygen atoms in total. The topological polar surface area (TPSA) is 88.1 Å². The van der Waals surface area contributed by atoms with Gasteiger partial charge in [-0.25, -0.2) is 0 Å². The number of nitrogens with zero attached hydrogens (tertiary/aromatic N) is 2. The number of amidine groups is 1. The quantitative estimate of drug-likeness (QED) is 0.0898. The van der Waals surface area contributed by atoms with E-state index in [9.17, 15) is 14.4 Å². The van der Waals surface area contributed by atoms with Crippen molar-refractivity contribution in [2.45, 2.75) is 19.6 Å². The van der Waals surface area contributed by atoms with Crippen LogP contribution < -0.4 is 10.1 Å². The summed E-state index contributed by atoms with van der Waals surface area (Å²) in [6, 6.07) is 33.9. The number of para-hydroxylation sites is 1. The third-order valence-corrected chi connectivity index (χ3v) is 8.91. The molecule has 0 aromatic heterocycles. The molecule has 0 bridgehead atoms. The van der Waals surface area contributed by atoms with Crippen LogP contribution in [-0.4, -0.2) is 33.5 Å². The first-order valence-electron chi connectivity index (χ1n) is 15.5. The van der Waals surface area contributed by atoms with Gasteiger partial charge in [0.25, 0.3) is 11.8 Å². The average molecular weight is 733 g/mol. The minimum absolute atomic E-state index is 0.0833. The molecule has 5 rings (SSSR count). The second-order valence-corrected chi connectivity index (χ2v) is 12.6. The Kier molecular flexibility index (Phi) is 12.3. The van der Waals surface area contributed by atoms with Gasteiger partial charge in [0.05, 0.1) is 11.8 Å². The first-order valence-corrected chi connectivity index (χ1v) is 17.3. The summed E-state index contributed by atoms with van der Waals surface area (Å²) in [6.45, 7) is 5.81. The summed E-state index contributed by atoms with van der Waals surface area (Å²) >= 11 is 4.46. The molecule has 0 fully saturated rings. The summed E-state index contributed by atoms with van der Waals surface area (Å²) in [7, 11) is 0. The Morgan fingerprint density at radius 2 is 1.57 bits per heavy atom. The van der Waals surface area contributed by atoms with E-state index < -0.39 is 11.8 Å². The lowest BCUT2D eigenvalue weighted by molar-refractivity contribution is -0.126. The zero-order chi connectivity index (χ0) is 34.6. The fourth-order valence-electron chi connectivity index (χ4n) is 5.02. The normalized spacial score (nSPS) is 14.3. The van der Waals surface area contributed by atoms with Crippen molar-refractivity contribution in [3.63, 3.8) is 0 Å². The van der Waals surface area contributed by atoms with Crippen molar-refractivity contribution in [1.82, 2.24) is 10.2 Å². The summed E-state index contributed by atoms with van der Waals surface area (Å²) < 4.78 is 7.05. The zero-order valence-electron chi connectivity index (χ0n) is 26.8. The number of carbonyl (C=O) groups is 3. The molecule has 9 heteroatoms. The molecular formula is C40H34BrN3O4S. The van der Waals surface area contributed by atoms with Crippen LogP contribution in [0.5, 0.6) is 5.75 Å². The Hall–Kier alpha value is -5.25. The largest absolute Gasteiger partial charge is 0.488 e. The van der Waals surface area contributed by atoms with E-state index in [-0.39, 0.29) is 28.4 Å². The van der Waals surface area contributed by atoms with Crippen molar-refractivity contribution >= 4 is 56.7 Å². The Labute approximate surface area is 298 Å². The fraction of sp³-hybridized carbons (Fsp3) is 0.100. The highest BCUT2D eigenvalue weighted by molar-refractivity contribution is 9.10. The second-order valence-electron chi connectivity index (χ2n) is 10.8. The van der Waals surface area contributed by atoms with Crippen molar-refractivity contribution in [2.24, 2.45) is 4.99 Å². The molecule has 1 aliphatic rings. The number of rotatable bonds is 12. The van der Waals surface area contributed by atoms with Crippen LogP contribution in [0.1, 0.15) is 35.2 Å². The number of carbonyl (C=O) groups excluding carboxylic acids is 3. The number of hydrogen-bond acceptors (Lipinski definition) is 5. The second kappa shape index (κ2) is 17.2. The molecule has 0 radical (unpaired) electrons. The number of ether oxygens (including phenoxy) is 1. The highest BCUT2D eigenvalue weighted by Gasteiger charge is 2.35. The molecule has 1 aliphatic heterocycles. The third-order valence-electron chi connectivity index (χ3n) is 7.44. The van der Waals surface area contributed by atoms with Crippen LogP contribution in [0, 0.1) is 0 Å². The minimum Gasteiger partial charge on any atom is -0.488 e. The summed E-state index contributed by atoms with van der Waals surface area (Å²) in [5, 5.41) is 3.20. The van der Waals surface area contributed by atoms with Gasteiger partial charge in [0, 0.05) is 15.7 Å². The summed E-state index contributed by atoms with van der Waals surface area (Å²) in [4.78, 5) is 46.7. The van der Waals surface area contributed by atoms with Gasteiger partial charge in [-0.2, -0.15) is 4.99 Å². The number of amides is 3. The predicted molar refractivity (Wildman–Crippen MR) is 201 cm³/mol. The van der Waals surface area contributed by atoms with E-state index in [0.29, 0.717) is 23.6 Å². The average Bonchev–Trinajstić information content (AvgIpc) is 3.13. The summed E-state index contributed by atoms with van der Waals surface area (Å²) in [6.07, 6.45) is 8.21. The SMILES string of the molecule is C=C/C=C\C(=C/C)N1C(=O)/C(=C/c2ccccc2OCc2ccc(Br)cc2)C(=O)N=C1SCC(=O)NC(c1ccccc1)c1ccccc1. The van der Waals surface area contributed by atoms with Gasteiger partial charge in [-0.15, -0.1) is 0 Å². The van der Waals surface area contributed by atoms with Crippen molar-refractivity contribution in [1.29, 1.82) is 0 Å². The predicted octanol–water partition coefficient (Wildman–Crippen LogP) is 8.42. The lowest BCUT2D eigenvalue weighted by Crippen LogP contribution is -2.42. The maximum atomic E-state index is 14.1. The van der Waals surface area contributed by atoms with Crippen LogP contribution in [-0.2, 0) is 21.0 Å². The van der Waals surface area contributed by atoms with Crippen LogP contribution in [0.4, 0.5) is 0 Å². The molecule has 1 heterocycles. The molecule has 1 N–H and O–H groups in total. The lowest BCUT2D eigenvalue weighted by Gasteiger charge is -2.28. The van der Waals surface area contributed by atoms with Crippen molar-refractivity contribution in [3.05, 3.63) is 178 Å². The Morgan fingerprint density at radius 3 is 2.20 bits per heavy atom. The molecule has 4 aromatic rings. The van der Waals surface area contributed by atoms with Crippen molar-refractivity contribution in [2.75, 3.05) is 5.75 Å². The van der Waals surface area contributed by atoms with E-state index in [2.05, 4.69) is 32.8 Å². The Balaban J connectivity index is 1.40. The molecule has 0 spiro atoms. The molecular weight excluding hydrogens is 698 g/mol. The van der Waals surface area contributed by atoms with Crippen LogP contribution in [0.25, 0.3) is 6.08 Å². The van der Waals surface area contributed by atoms with E-state index >= 15 is 0 Å². The molecule has 0 unspecified atom stereocenters. The van der Waals surface area contributed by atoms with Crippen molar-refractivity contribution < 1.29 is 19.1 Å². The monoisotopic (exact) mass is 731 g/mol. The molecule has 0 saturated heterocycles. The molecule has 0 saturated carbocycles. The number of allylic oxidation sites excluding steroid dienone is 4. The van der Waals surface area contributed by atoms with Crippen molar-refractivity contribution in [3.8, 4) is 5.75 Å². The first-order chi connectivity index (χ1) is 23.9. The number of hydrogen-bond donors (Lipinski definition) is 1. The fourth-order valence-corrected chi connectivity index (χ4v) is 6.09. The van der Waals surface area contributed by atoms with Crippen LogP contribution >= 0.6 is 27.7 Å². The third kappa shape index (κ3) is 9.22. The van der Waals surface area contributed by atoms with Gasteiger partial charge in [-0.05, 0) is 54.0 Å². The van der Waals surface area contributed by atoms with Crippen LogP contribution in [0.3, 0.4) is 0 Å². The van der Waals surface area contributed by atoms with Gasteiger partial charge in [0.1, 0.15) is 17.9 Å². The smallest absolute Gasteiger partial charge is 0.285 e. The van der Waals surface area contributed by atoms with E-state index in [1.807, 2.05) is 91.0 Å². The Morgan fingerprint density at radius 1 is 0.939 bits per heavy atom. The van der Waals surface area contributed by atoms with Gasteiger partial charge >= 0.3 is 0 Å². The Bertz CT molecular complexity index is 1900. The molecule has 3 amide bonds. The molecule has 0 atom stereocenters. The van der Waals surface area contributed by atoms with E-state index in [1.165, 1.54) is 11.0 Å². The number of benzene rings is 4. The van der Waals surface area contributed by atoms with Crippen LogP contribution in [0.2, 0.25) is 0 Å². The maximum absolute atomic E-state index is 14.1. The molecule has 246 valence electrons. The maximum Gasteiger partial charge on any atom is 0.285 e. The highest BCUT2D eigenvalue weighted by Crippen LogP contribution is 2.29. The number of halogens is 1. The summed E-state index contributed by atoms with van der Waals surface area (Å²) in [5.74, 6) is -1.14. The van der Waals surface area contributed by atoms with Gasteiger partial charge in [0.15, 0.2) is 5.17 Å². The van der Waals surface area contributed by atoms with Gasteiger partial charge in [-0.3, -0.25) is 19.3 Å². The molecule has 0 aliphatic carbocycles. The first kappa shape index (κ1) is 35.1. The number of aliphatic imine (C=N–C) groups is 1. The lowest BCUT2D eigenvalue weighted by atomic mass is 9.99. The van der Waals surface area contributed by atoms with E-state index in [0.717, 1.165) is 32.9 Å². The van der Waals surface area contributed by atoms with E-state index in [1.54, 1.807) is 49.4 Å². The zero-order valence-corrected chi connectivity index (χ0v) is 29.2. The summed E-state index contributed by atoms with van der Waals surface area (Å²) in [5.41, 5.74) is 3.71. The van der Waals surface area contributed by atoms with Gasteiger partial charge in [-0.1, -0.05) is 143 Å². The molecule has 4 aromatic carbocycles. The molecule has 49 heavy (non-hydrogen) atoms.